The molecule has 0 aliphatic carbocycles. The van der Waals surface area contributed by atoms with Crippen LogP contribution in [-0.4, -0.2) is 43.3 Å². The Balaban J connectivity index is 2.02. The van der Waals surface area contributed by atoms with E-state index in [4.69, 9.17) is 4.74 Å². The molecular weight excluding hydrogens is 228 g/mol. The normalized spacial score (nSPS) is 19.6. The van der Waals surface area contributed by atoms with Gasteiger partial charge in [0.1, 0.15) is 0 Å². The number of piperidine rings is 1. The van der Waals surface area contributed by atoms with Crippen LogP contribution in [0.2, 0.25) is 0 Å². The highest BCUT2D eigenvalue weighted by atomic mass is 16.5. The third kappa shape index (κ3) is 3.32. The molecule has 0 amide bonds. The maximum Gasteiger partial charge on any atom is 0.233 e. The summed E-state index contributed by atoms with van der Waals surface area (Å²) >= 11 is 0. The lowest BCUT2D eigenvalue weighted by Gasteiger charge is -2.30. The summed E-state index contributed by atoms with van der Waals surface area (Å²) in [5.41, 5.74) is 0. The van der Waals surface area contributed by atoms with Crippen LogP contribution in [-0.2, 0) is 0 Å². The van der Waals surface area contributed by atoms with Gasteiger partial charge >= 0.3 is 0 Å². The highest BCUT2D eigenvalue weighted by molar-refractivity contribution is 5.37. The summed E-state index contributed by atoms with van der Waals surface area (Å²) in [7, 11) is 1.62. The van der Waals surface area contributed by atoms with E-state index in [0.717, 1.165) is 32.0 Å². The van der Waals surface area contributed by atoms with Gasteiger partial charge in [-0.1, -0.05) is 0 Å². The number of ether oxygens (including phenoxy) is 1. The molecule has 1 saturated heterocycles. The average Bonchev–Trinajstić information content (AvgIpc) is 2.46. The molecule has 0 saturated carbocycles. The van der Waals surface area contributed by atoms with Crippen LogP contribution in [0.5, 0.6) is 5.88 Å². The molecule has 5 nitrogen and oxygen atoms in total. The number of aromatic nitrogens is 2. The molecule has 1 aliphatic heterocycles. The van der Waals surface area contributed by atoms with Crippen molar-refractivity contribution < 1.29 is 4.74 Å². The Bertz CT molecular complexity index is 366. The monoisotopic (exact) mass is 250 g/mol. The zero-order chi connectivity index (χ0) is 12.8. The second kappa shape index (κ2) is 6.54. The number of methoxy groups -OCH3 is 1. The lowest BCUT2D eigenvalue weighted by atomic mass is 9.99. The first kappa shape index (κ1) is 13.1. The van der Waals surface area contributed by atoms with Gasteiger partial charge < -0.3 is 15.0 Å². The lowest BCUT2D eigenvalue weighted by Crippen LogP contribution is -2.38. The summed E-state index contributed by atoms with van der Waals surface area (Å²) in [6, 6.07) is 0. The van der Waals surface area contributed by atoms with Gasteiger partial charge in [0.05, 0.1) is 19.5 Å². The summed E-state index contributed by atoms with van der Waals surface area (Å²) in [5.74, 6) is 2.18. The Morgan fingerprint density at radius 3 is 3.06 bits per heavy atom. The highest BCUT2D eigenvalue weighted by Crippen LogP contribution is 2.18. The SMILES string of the molecule is CCN(CC1CCCNC1)c1cncc(OC)n1. The molecular formula is C13H22N4O. The fourth-order valence-electron chi connectivity index (χ4n) is 2.37. The predicted molar refractivity (Wildman–Crippen MR) is 72.1 cm³/mol. The molecule has 1 atom stereocenters. The molecule has 0 spiro atoms. The Hall–Kier alpha value is -1.36. The van der Waals surface area contributed by atoms with E-state index in [1.807, 2.05) is 6.20 Å². The third-order valence-corrected chi connectivity index (χ3v) is 3.39. The van der Waals surface area contributed by atoms with Crippen LogP contribution in [0.25, 0.3) is 0 Å². The van der Waals surface area contributed by atoms with Crippen molar-refractivity contribution in [2.24, 2.45) is 5.92 Å². The summed E-state index contributed by atoms with van der Waals surface area (Å²) in [4.78, 5) is 10.9. The van der Waals surface area contributed by atoms with Gasteiger partial charge in [0.2, 0.25) is 5.88 Å². The van der Waals surface area contributed by atoms with E-state index < -0.39 is 0 Å². The molecule has 18 heavy (non-hydrogen) atoms. The summed E-state index contributed by atoms with van der Waals surface area (Å²) in [5, 5.41) is 3.45. The number of hydrogen-bond donors (Lipinski definition) is 1. The van der Waals surface area contributed by atoms with Gasteiger partial charge in [-0.2, -0.15) is 4.98 Å². The van der Waals surface area contributed by atoms with E-state index in [0.29, 0.717) is 11.8 Å². The molecule has 0 aromatic carbocycles. The zero-order valence-corrected chi connectivity index (χ0v) is 11.2. The zero-order valence-electron chi connectivity index (χ0n) is 11.2. The van der Waals surface area contributed by atoms with Crippen molar-refractivity contribution in [2.75, 3.05) is 38.2 Å². The number of anilines is 1. The number of nitrogens with zero attached hydrogens (tertiary/aromatic N) is 3. The first-order valence-electron chi connectivity index (χ1n) is 6.65. The number of rotatable bonds is 5. The third-order valence-electron chi connectivity index (χ3n) is 3.39. The molecule has 2 heterocycles. The lowest BCUT2D eigenvalue weighted by molar-refractivity contribution is 0.375. The van der Waals surface area contributed by atoms with Crippen LogP contribution in [0.4, 0.5) is 5.82 Å². The summed E-state index contributed by atoms with van der Waals surface area (Å²) < 4.78 is 5.13. The predicted octanol–water partition coefficient (Wildman–Crippen LogP) is 1.31. The average molecular weight is 250 g/mol. The molecule has 1 unspecified atom stereocenters. The van der Waals surface area contributed by atoms with Gasteiger partial charge in [-0.3, -0.25) is 4.98 Å². The van der Waals surface area contributed by atoms with Crippen LogP contribution in [0.1, 0.15) is 19.8 Å². The maximum absolute atomic E-state index is 5.13. The van der Waals surface area contributed by atoms with E-state index in [1.54, 1.807) is 13.3 Å². The van der Waals surface area contributed by atoms with Crippen LogP contribution in [0.15, 0.2) is 12.4 Å². The molecule has 1 aromatic heterocycles. The van der Waals surface area contributed by atoms with Crippen LogP contribution >= 0.6 is 0 Å². The molecule has 100 valence electrons. The van der Waals surface area contributed by atoms with Crippen molar-refractivity contribution in [3.8, 4) is 5.88 Å². The Labute approximate surface area is 109 Å². The fourth-order valence-corrected chi connectivity index (χ4v) is 2.37. The van der Waals surface area contributed by atoms with Crippen LogP contribution in [0, 0.1) is 5.92 Å². The first-order chi connectivity index (χ1) is 8.83. The Kier molecular flexibility index (Phi) is 4.75. The summed E-state index contributed by atoms with van der Waals surface area (Å²) in [6.07, 6.45) is 6.01. The van der Waals surface area contributed by atoms with E-state index in [1.165, 1.54) is 12.8 Å². The second-order valence-electron chi connectivity index (χ2n) is 4.67. The Morgan fingerprint density at radius 1 is 1.50 bits per heavy atom. The standard InChI is InChI=1S/C13H22N4O/c1-3-17(10-11-5-4-6-14-7-11)12-8-15-9-13(16-12)18-2/h8-9,11,14H,3-7,10H2,1-2H3. The molecule has 0 radical (unpaired) electrons. The minimum Gasteiger partial charge on any atom is -0.480 e. The molecule has 0 bridgehead atoms. The van der Waals surface area contributed by atoms with Gasteiger partial charge in [-0.15, -0.1) is 0 Å². The Morgan fingerprint density at radius 2 is 2.39 bits per heavy atom. The van der Waals surface area contributed by atoms with Crippen LogP contribution in [0.3, 0.4) is 0 Å². The minimum atomic E-state index is 0.577. The highest BCUT2D eigenvalue weighted by Gasteiger charge is 2.17. The summed E-state index contributed by atoms with van der Waals surface area (Å²) in [6.45, 7) is 6.39. The van der Waals surface area contributed by atoms with Gasteiger partial charge in [0.25, 0.3) is 0 Å². The van der Waals surface area contributed by atoms with Crippen molar-refractivity contribution in [1.82, 2.24) is 15.3 Å². The van der Waals surface area contributed by atoms with Gasteiger partial charge in [0.15, 0.2) is 5.82 Å². The molecule has 2 rings (SSSR count). The maximum atomic E-state index is 5.13. The number of hydrogen-bond acceptors (Lipinski definition) is 5. The first-order valence-corrected chi connectivity index (χ1v) is 6.65. The van der Waals surface area contributed by atoms with Gasteiger partial charge in [0, 0.05) is 13.1 Å². The van der Waals surface area contributed by atoms with Crippen molar-refractivity contribution in [2.45, 2.75) is 19.8 Å². The van der Waals surface area contributed by atoms with Crippen molar-refractivity contribution >= 4 is 5.82 Å². The molecule has 1 N–H and O–H groups in total. The van der Waals surface area contributed by atoms with Gasteiger partial charge in [-0.05, 0) is 38.8 Å². The van der Waals surface area contributed by atoms with Crippen molar-refractivity contribution in [1.29, 1.82) is 0 Å². The minimum absolute atomic E-state index is 0.577. The van der Waals surface area contributed by atoms with E-state index in [2.05, 4.69) is 27.1 Å². The molecule has 5 heteroatoms. The second-order valence-corrected chi connectivity index (χ2v) is 4.67. The number of nitrogens with one attached hydrogen (secondary N) is 1. The van der Waals surface area contributed by atoms with Crippen molar-refractivity contribution in [3.05, 3.63) is 12.4 Å². The van der Waals surface area contributed by atoms with Gasteiger partial charge in [-0.25, -0.2) is 0 Å². The van der Waals surface area contributed by atoms with E-state index in [9.17, 15) is 0 Å². The topological polar surface area (TPSA) is 50.3 Å². The molecule has 1 aliphatic rings. The van der Waals surface area contributed by atoms with E-state index >= 15 is 0 Å². The van der Waals surface area contributed by atoms with Crippen molar-refractivity contribution in [3.63, 3.8) is 0 Å². The molecule has 1 aromatic rings. The molecule has 1 fully saturated rings. The smallest absolute Gasteiger partial charge is 0.233 e. The fraction of sp³-hybridized carbons (Fsp3) is 0.692. The quantitative estimate of drug-likeness (QED) is 0.854. The van der Waals surface area contributed by atoms with E-state index in [-0.39, 0.29) is 0 Å². The largest absolute Gasteiger partial charge is 0.480 e. The van der Waals surface area contributed by atoms with Crippen LogP contribution < -0.4 is 15.0 Å².